The van der Waals surface area contributed by atoms with Gasteiger partial charge in [-0.3, -0.25) is 5.10 Å². The Bertz CT molecular complexity index is 919. The van der Waals surface area contributed by atoms with Crippen LogP contribution in [0.25, 0.3) is 22.4 Å². The monoisotopic (exact) mass is 335 g/mol. The lowest BCUT2D eigenvalue weighted by molar-refractivity contribution is -0.137. The third kappa shape index (κ3) is 2.99. The topological polar surface area (TPSA) is 87.5 Å². The van der Waals surface area contributed by atoms with Crippen LogP contribution in [0.4, 0.5) is 13.2 Å². The maximum absolute atomic E-state index is 13.3. The summed E-state index contributed by atoms with van der Waals surface area (Å²) in [5.74, 6) is -0.000102. The number of fused-ring (bicyclic) bond motifs is 1. The molecule has 3 aromatic rings. The SMILES string of the molecule is N#CCCOc1ccc(C(F)(F)F)c(-c2[nH]nc3ncccc23)n1.[HH]. The minimum Gasteiger partial charge on any atom is -0.477 e. The molecule has 24 heavy (non-hydrogen) atoms. The van der Waals surface area contributed by atoms with Crippen LogP contribution < -0.4 is 4.74 Å². The third-order valence-corrected chi connectivity index (χ3v) is 3.21. The number of nitrogens with zero attached hydrogens (tertiary/aromatic N) is 4. The Kier molecular flexibility index (Phi) is 4.04. The fourth-order valence-corrected chi connectivity index (χ4v) is 2.17. The maximum Gasteiger partial charge on any atom is 0.418 e. The van der Waals surface area contributed by atoms with E-state index in [1.165, 1.54) is 6.20 Å². The summed E-state index contributed by atoms with van der Waals surface area (Å²) in [5, 5.41) is 15.4. The predicted molar refractivity (Wildman–Crippen MR) is 80.0 cm³/mol. The van der Waals surface area contributed by atoms with Gasteiger partial charge >= 0.3 is 6.18 Å². The molecule has 0 radical (unpaired) electrons. The Morgan fingerprint density at radius 3 is 2.88 bits per heavy atom. The Labute approximate surface area is 135 Å². The highest BCUT2D eigenvalue weighted by atomic mass is 19.4. The van der Waals surface area contributed by atoms with E-state index in [1.807, 2.05) is 6.07 Å². The van der Waals surface area contributed by atoms with Crippen molar-refractivity contribution in [3.05, 3.63) is 36.0 Å². The number of nitrogens with one attached hydrogen (secondary N) is 1. The lowest BCUT2D eigenvalue weighted by Gasteiger charge is -2.13. The van der Waals surface area contributed by atoms with Gasteiger partial charge in [0, 0.05) is 19.1 Å². The van der Waals surface area contributed by atoms with E-state index in [9.17, 15) is 13.2 Å². The van der Waals surface area contributed by atoms with Gasteiger partial charge < -0.3 is 4.74 Å². The van der Waals surface area contributed by atoms with Crippen molar-refractivity contribution >= 4 is 11.0 Å². The van der Waals surface area contributed by atoms with Crippen LogP contribution in [0.1, 0.15) is 13.4 Å². The van der Waals surface area contributed by atoms with Crippen molar-refractivity contribution in [1.82, 2.24) is 20.2 Å². The van der Waals surface area contributed by atoms with Crippen molar-refractivity contribution in [2.75, 3.05) is 6.61 Å². The molecule has 3 aromatic heterocycles. The normalized spacial score (nSPS) is 11.4. The van der Waals surface area contributed by atoms with E-state index in [2.05, 4.69) is 20.2 Å². The first-order valence-corrected chi connectivity index (χ1v) is 6.88. The zero-order valence-corrected chi connectivity index (χ0v) is 12.1. The van der Waals surface area contributed by atoms with Crippen LogP contribution in [0.2, 0.25) is 0 Å². The third-order valence-electron chi connectivity index (χ3n) is 3.21. The highest BCUT2D eigenvalue weighted by Gasteiger charge is 2.35. The summed E-state index contributed by atoms with van der Waals surface area (Å²) in [5.41, 5.74) is -0.841. The van der Waals surface area contributed by atoms with Crippen molar-refractivity contribution in [3.8, 4) is 23.3 Å². The van der Waals surface area contributed by atoms with E-state index in [0.717, 1.165) is 12.1 Å². The summed E-state index contributed by atoms with van der Waals surface area (Å²) in [4.78, 5) is 7.94. The second-order valence-corrected chi connectivity index (χ2v) is 4.77. The number of hydrogen-bond acceptors (Lipinski definition) is 5. The second kappa shape index (κ2) is 6.16. The number of ether oxygens (including phenoxy) is 1. The number of rotatable bonds is 4. The molecule has 3 rings (SSSR count). The van der Waals surface area contributed by atoms with Crippen LogP contribution in [-0.2, 0) is 6.18 Å². The number of aromatic nitrogens is 4. The molecule has 0 aliphatic carbocycles. The van der Waals surface area contributed by atoms with E-state index >= 15 is 0 Å². The summed E-state index contributed by atoms with van der Waals surface area (Å²) in [6.07, 6.45) is -2.99. The lowest BCUT2D eigenvalue weighted by atomic mass is 10.1. The standard InChI is InChI=1S/C15H10F3N5O.H2/c16-15(17,18)10-4-5-11(24-8-2-6-19)21-13(10)12-9-3-1-7-20-14(9)23-22-12;/h1,3-5,7H,2,8H2,(H,20,22,23);1H. The number of pyridine rings is 2. The quantitative estimate of drug-likeness (QED) is 0.736. The van der Waals surface area contributed by atoms with Crippen molar-refractivity contribution in [2.24, 2.45) is 0 Å². The zero-order valence-electron chi connectivity index (χ0n) is 12.1. The Balaban J connectivity index is 0.00000225. The first-order valence-electron chi connectivity index (χ1n) is 6.88. The number of nitriles is 1. The van der Waals surface area contributed by atoms with Crippen LogP contribution in [0, 0.1) is 11.3 Å². The number of halogens is 3. The van der Waals surface area contributed by atoms with Crippen molar-refractivity contribution in [3.63, 3.8) is 0 Å². The molecule has 0 amide bonds. The van der Waals surface area contributed by atoms with Gasteiger partial charge in [0.05, 0.1) is 23.7 Å². The smallest absolute Gasteiger partial charge is 0.418 e. The molecule has 0 aromatic carbocycles. The number of hydrogen-bond donors (Lipinski definition) is 1. The van der Waals surface area contributed by atoms with Crippen LogP contribution in [-0.4, -0.2) is 26.8 Å². The molecule has 0 bridgehead atoms. The molecule has 1 N–H and O–H groups in total. The number of aromatic amines is 1. The second-order valence-electron chi connectivity index (χ2n) is 4.77. The summed E-state index contributed by atoms with van der Waals surface area (Å²) in [6.45, 7) is 0.0413. The van der Waals surface area contributed by atoms with Crippen LogP contribution in [0.3, 0.4) is 0 Å². The summed E-state index contributed by atoms with van der Waals surface area (Å²) in [6, 6.07) is 7.11. The van der Waals surface area contributed by atoms with E-state index in [4.69, 9.17) is 10.00 Å². The molecule has 0 aliphatic rings. The molecule has 6 nitrogen and oxygen atoms in total. The number of alkyl halides is 3. The molecule has 0 atom stereocenters. The average Bonchev–Trinajstić information content (AvgIpc) is 2.98. The van der Waals surface area contributed by atoms with Gasteiger partial charge in [-0.2, -0.15) is 23.5 Å². The molecular formula is C15H12F3N5O. The van der Waals surface area contributed by atoms with E-state index in [0.29, 0.717) is 11.0 Å². The van der Waals surface area contributed by atoms with Crippen molar-refractivity contribution in [2.45, 2.75) is 12.6 Å². The van der Waals surface area contributed by atoms with E-state index in [-0.39, 0.29) is 31.7 Å². The molecule has 124 valence electrons. The largest absolute Gasteiger partial charge is 0.477 e. The fraction of sp³-hybridized carbons (Fsp3) is 0.200. The van der Waals surface area contributed by atoms with E-state index < -0.39 is 11.7 Å². The lowest BCUT2D eigenvalue weighted by Crippen LogP contribution is -2.10. The minimum absolute atomic E-state index is 0. The van der Waals surface area contributed by atoms with Crippen LogP contribution in [0.5, 0.6) is 5.88 Å². The Hall–Kier alpha value is -3.15. The van der Waals surface area contributed by atoms with Gasteiger partial charge in [0.1, 0.15) is 12.3 Å². The van der Waals surface area contributed by atoms with Crippen LogP contribution >= 0.6 is 0 Å². The predicted octanol–water partition coefficient (Wildman–Crippen LogP) is 3.58. The van der Waals surface area contributed by atoms with Crippen molar-refractivity contribution < 1.29 is 19.3 Å². The molecule has 0 spiro atoms. The van der Waals surface area contributed by atoms with Gasteiger partial charge in [0.2, 0.25) is 5.88 Å². The molecule has 3 heterocycles. The Morgan fingerprint density at radius 1 is 1.29 bits per heavy atom. The maximum atomic E-state index is 13.3. The van der Waals surface area contributed by atoms with Gasteiger partial charge in [-0.05, 0) is 18.2 Å². The first kappa shape index (κ1) is 15.7. The highest BCUT2D eigenvalue weighted by molar-refractivity contribution is 5.90. The first-order chi connectivity index (χ1) is 11.5. The average molecular weight is 335 g/mol. The van der Waals surface area contributed by atoms with Crippen molar-refractivity contribution in [1.29, 1.82) is 5.26 Å². The van der Waals surface area contributed by atoms with Gasteiger partial charge in [0.15, 0.2) is 5.65 Å². The fourth-order valence-electron chi connectivity index (χ4n) is 2.17. The van der Waals surface area contributed by atoms with E-state index in [1.54, 1.807) is 12.1 Å². The van der Waals surface area contributed by atoms with Gasteiger partial charge in [-0.1, -0.05) is 0 Å². The summed E-state index contributed by atoms with van der Waals surface area (Å²) < 4.78 is 45.1. The molecule has 0 saturated heterocycles. The summed E-state index contributed by atoms with van der Waals surface area (Å²) in [7, 11) is 0. The number of H-pyrrole nitrogens is 1. The molecular weight excluding hydrogens is 323 g/mol. The molecule has 0 fully saturated rings. The van der Waals surface area contributed by atoms with Gasteiger partial charge in [-0.25, -0.2) is 9.97 Å². The summed E-state index contributed by atoms with van der Waals surface area (Å²) >= 11 is 0. The molecule has 9 heteroatoms. The minimum atomic E-state index is -4.59. The highest BCUT2D eigenvalue weighted by Crippen LogP contribution is 2.38. The van der Waals surface area contributed by atoms with Gasteiger partial charge in [-0.15, -0.1) is 0 Å². The zero-order chi connectivity index (χ0) is 17.2. The van der Waals surface area contributed by atoms with Gasteiger partial charge in [0.25, 0.3) is 0 Å². The molecule has 0 unspecified atom stereocenters. The molecule has 0 saturated carbocycles. The van der Waals surface area contributed by atoms with Crippen LogP contribution in [0.15, 0.2) is 30.5 Å². The molecule has 0 aliphatic heterocycles. The Morgan fingerprint density at radius 2 is 2.12 bits per heavy atom.